The van der Waals surface area contributed by atoms with Gasteiger partial charge in [-0.25, -0.2) is 4.98 Å². The summed E-state index contributed by atoms with van der Waals surface area (Å²) in [4.78, 5) is 32.2. The second-order valence-corrected chi connectivity index (χ2v) is 7.59. The molecule has 0 unspecified atom stereocenters. The van der Waals surface area contributed by atoms with Crippen LogP contribution in [0.5, 0.6) is 0 Å². The van der Waals surface area contributed by atoms with Crippen molar-refractivity contribution in [3.8, 4) is 0 Å². The van der Waals surface area contributed by atoms with Crippen LogP contribution in [0.1, 0.15) is 65.2 Å². The monoisotopic (exact) mass is 371 g/mol. The van der Waals surface area contributed by atoms with E-state index in [0.29, 0.717) is 29.0 Å². The molecule has 0 radical (unpaired) electrons. The lowest BCUT2D eigenvalue weighted by Gasteiger charge is -2.30. The van der Waals surface area contributed by atoms with Crippen LogP contribution in [0.25, 0.3) is 0 Å². The summed E-state index contributed by atoms with van der Waals surface area (Å²) in [6, 6.07) is 1.65. The second kappa shape index (κ2) is 7.17. The number of hydrogen-bond acceptors (Lipinski definition) is 5. The van der Waals surface area contributed by atoms with Gasteiger partial charge in [-0.05, 0) is 44.9 Å². The molecule has 0 saturated carbocycles. The van der Waals surface area contributed by atoms with Crippen LogP contribution in [-0.4, -0.2) is 44.5 Å². The number of carbonyl (C=O) groups excluding carboxylic acids is 2. The van der Waals surface area contributed by atoms with Crippen molar-refractivity contribution in [3.05, 3.63) is 29.0 Å². The Morgan fingerprint density at radius 3 is 2.70 bits per heavy atom. The third-order valence-corrected chi connectivity index (χ3v) is 5.46. The van der Waals surface area contributed by atoms with Crippen molar-refractivity contribution in [2.75, 3.05) is 18.4 Å². The molecule has 27 heavy (non-hydrogen) atoms. The summed E-state index contributed by atoms with van der Waals surface area (Å²) in [5, 5.41) is 6.52. The maximum Gasteiger partial charge on any atom is 0.289 e. The number of rotatable bonds is 3. The third-order valence-electron chi connectivity index (χ3n) is 5.46. The van der Waals surface area contributed by atoms with Gasteiger partial charge in [-0.2, -0.15) is 0 Å². The van der Waals surface area contributed by atoms with Crippen molar-refractivity contribution < 1.29 is 14.1 Å². The van der Waals surface area contributed by atoms with Crippen molar-refractivity contribution in [1.29, 1.82) is 0 Å². The van der Waals surface area contributed by atoms with Gasteiger partial charge in [-0.15, -0.1) is 0 Å². The number of fused-ring (bicyclic) bond motifs is 1. The second-order valence-electron chi connectivity index (χ2n) is 7.59. The van der Waals surface area contributed by atoms with Crippen molar-refractivity contribution in [3.63, 3.8) is 0 Å². The molecule has 0 atom stereocenters. The molecule has 2 amide bonds. The minimum atomic E-state index is -0.347. The standard InChI is InChI=1S/C19H25N5O3/c1-12-6-9-23(10-7-12)19(26)17-21-16(14-5-3-4-8-24(14)17)18(25)20-15-11-13(2)27-22-15/h11-12H,3-10H2,1-2H3,(H,20,22,25). The van der Waals surface area contributed by atoms with Gasteiger partial charge in [0.2, 0.25) is 0 Å². The average Bonchev–Trinajstić information content (AvgIpc) is 3.25. The smallest absolute Gasteiger partial charge is 0.289 e. The lowest BCUT2D eigenvalue weighted by atomic mass is 9.99. The first-order valence-electron chi connectivity index (χ1n) is 9.66. The first-order valence-corrected chi connectivity index (χ1v) is 9.66. The van der Waals surface area contributed by atoms with Crippen LogP contribution in [0.3, 0.4) is 0 Å². The van der Waals surface area contributed by atoms with Gasteiger partial charge in [0.25, 0.3) is 11.8 Å². The summed E-state index contributed by atoms with van der Waals surface area (Å²) >= 11 is 0. The van der Waals surface area contributed by atoms with E-state index >= 15 is 0 Å². The first-order chi connectivity index (χ1) is 13.0. The third kappa shape index (κ3) is 3.48. The number of anilines is 1. The predicted molar refractivity (Wildman–Crippen MR) is 98.7 cm³/mol. The molecule has 2 aliphatic heterocycles. The average molecular weight is 371 g/mol. The van der Waals surface area contributed by atoms with Crippen LogP contribution in [0.2, 0.25) is 0 Å². The molecule has 1 fully saturated rings. The Kier molecular flexibility index (Phi) is 4.72. The number of carbonyl (C=O) groups is 2. The minimum Gasteiger partial charge on any atom is -0.360 e. The zero-order chi connectivity index (χ0) is 19.0. The van der Waals surface area contributed by atoms with Gasteiger partial charge in [0.1, 0.15) is 5.76 Å². The molecule has 2 aromatic heterocycles. The summed E-state index contributed by atoms with van der Waals surface area (Å²) in [5.74, 6) is 1.60. The highest BCUT2D eigenvalue weighted by molar-refractivity contribution is 6.04. The number of piperidine rings is 1. The normalized spacial score (nSPS) is 17.6. The van der Waals surface area contributed by atoms with Gasteiger partial charge in [-0.3, -0.25) is 9.59 Å². The van der Waals surface area contributed by atoms with Gasteiger partial charge in [0, 0.05) is 25.7 Å². The van der Waals surface area contributed by atoms with Crippen molar-refractivity contribution in [2.24, 2.45) is 5.92 Å². The Labute approximate surface area is 157 Å². The predicted octanol–water partition coefficient (Wildman–Crippen LogP) is 2.64. The molecule has 0 bridgehead atoms. The number of aromatic nitrogens is 3. The molecule has 0 aromatic carbocycles. The Morgan fingerprint density at radius 1 is 1.22 bits per heavy atom. The minimum absolute atomic E-state index is 0.0682. The highest BCUT2D eigenvalue weighted by atomic mass is 16.5. The Hall–Kier alpha value is -2.64. The number of amides is 2. The van der Waals surface area contributed by atoms with Crippen molar-refractivity contribution >= 4 is 17.6 Å². The number of hydrogen-bond donors (Lipinski definition) is 1. The Morgan fingerprint density at radius 2 is 2.00 bits per heavy atom. The molecule has 2 aromatic rings. The number of nitrogens with zero attached hydrogens (tertiary/aromatic N) is 4. The molecule has 1 saturated heterocycles. The molecule has 2 aliphatic rings. The Balaban J connectivity index is 1.61. The van der Waals surface area contributed by atoms with E-state index in [-0.39, 0.29) is 11.8 Å². The summed E-state index contributed by atoms with van der Waals surface area (Å²) in [7, 11) is 0. The van der Waals surface area contributed by atoms with Crippen LogP contribution in [0.15, 0.2) is 10.6 Å². The van der Waals surface area contributed by atoms with E-state index in [1.54, 1.807) is 13.0 Å². The lowest BCUT2D eigenvalue weighted by molar-refractivity contribution is 0.0678. The van der Waals surface area contributed by atoms with Gasteiger partial charge >= 0.3 is 0 Å². The van der Waals surface area contributed by atoms with Crippen molar-refractivity contribution in [1.82, 2.24) is 19.6 Å². The first kappa shape index (κ1) is 17.8. The van der Waals surface area contributed by atoms with Crippen LogP contribution in [-0.2, 0) is 13.0 Å². The van der Waals surface area contributed by atoms with E-state index in [4.69, 9.17) is 4.52 Å². The van der Waals surface area contributed by atoms with Crippen LogP contribution >= 0.6 is 0 Å². The molecule has 144 valence electrons. The van der Waals surface area contributed by atoms with Crippen LogP contribution in [0.4, 0.5) is 5.82 Å². The van der Waals surface area contributed by atoms with E-state index in [9.17, 15) is 9.59 Å². The summed E-state index contributed by atoms with van der Waals surface area (Å²) < 4.78 is 6.93. The van der Waals surface area contributed by atoms with Gasteiger partial charge in [0.05, 0.1) is 5.69 Å². The lowest BCUT2D eigenvalue weighted by Crippen LogP contribution is -2.39. The summed E-state index contributed by atoms with van der Waals surface area (Å²) in [6.07, 6.45) is 4.75. The Bertz CT molecular complexity index is 861. The number of likely N-dealkylation sites (tertiary alicyclic amines) is 1. The summed E-state index contributed by atoms with van der Waals surface area (Å²) in [6.45, 7) is 6.21. The molecule has 8 heteroatoms. The molecule has 1 N–H and O–H groups in total. The number of imidazole rings is 1. The molecular formula is C19H25N5O3. The highest BCUT2D eigenvalue weighted by Gasteiger charge is 2.31. The zero-order valence-corrected chi connectivity index (χ0v) is 15.8. The van der Waals surface area contributed by atoms with Crippen LogP contribution < -0.4 is 5.32 Å². The van der Waals surface area contributed by atoms with E-state index in [0.717, 1.165) is 57.4 Å². The molecule has 4 heterocycles. The molecule has 4 rings (SSSR count). The topological polar surface area (TPSA) is 93.3 Å². The van der Waals surface area contributed by atoms with Gasteiger partial charge in [-0.1, -0.05) is 12.1 Å². The molecule has 0 aliphatic carbocycles. The van der Waals surface area contributed by atoms with E-state index in [2.05, 4.69) is 22.4 Å². The largest absolute Gasteiger partial charge is 0.360 e. The van der Waals surface area contributed by atoms with E-state index in [1.165, 1.54) is 0 Å². The van der Waals surface area contributed by atoms with E-state index < -0.39 is 0 Å². The van der Waals surface area contributed by atoms with Crippen LogP contribution in [0, 0.1) is 12.8 Å². The zero-order valence-electron chi connectivity index (χ0n) is 15.8. The number of aryl methyl sites for hydroxylation is 1. The molecule has 8 nitrogen and oxygen atoms in total. The fourth-order valence-electron chi connectivity index (χ4n) is 3.84. The SMILES string of the molecule is Cc1cc(NC(=O)c2nc(C(=O)N3CCC(C)CC3)n3c2CCCC3)no1. The van der Waals surface area contributed by atoms with Crippen molar-refractivity contribution in [2.45, 2.75) is 52.5 Å². The van der Waals surface area contributed by atoms with E-state index in [1.807, 2.05) is 9.47 Å². The number of nitrogens with one attached hydrogen (secondary N) is 1. The highest BCUT2D eigenvalue weighted by Crippen LogP contribution is 2.24. The molecule has 0 spiro atoms. The van der Waals surface area contributed by atoms with Gasteiger partial charge < -0.3 is 19.3 Å². The molecular weight excluding hydrogens is 346 g/mol. The van der Waals surface area contributed by atoms with Gasteiger partial charge in [0.15, 0.2) is 17.3 Å². The maximum atomic E-state index is 13.1. The fraction of sp³-hybridized carbons (Fsp3) is 0.579. The fourth-order valence-corrected chi connectivity index (χ4v) is 3.84. The quantitative estimate of drug-likeness (QED) is 0.895. The maximum absolute atomic E-state index is 13.1. The summed E-state index contributed by atoms with van der Waals surface area (Å²) in [5.41, 5.74) is 1.16.